The molecule has 1 aromatic heterocycles. The largest absolute Gasteiger partial charge is 0.496 e. The molecule has 7 heteroatoms. The number of carbonyl (C=O) groups is 2. The summed E-state index contributed by atoms with van der Waals surface area (Å²) in [6.07, 6.45) is 2.70. The quantitative estimate of drug-likeness (QED) is 0.782. The highest BCUT2D eigenvalue weighted by molar-refractivity contribution is 5.93. The van der Waals surface area contributed by atoms with Crippen molar-refractivity contribution >= 4 is 28.5 Å². The van der Waals surface area contributed by atoms with Crippen molar-refractivity contribution < 1.29 is 19.1 Å². The van der Waals surface area contributed by atoms with Gasteiger partial charge in [0.25, 0.3) is 0 Å². The molecule has 2 heterocycles. The molecule has 144 valence electrons. The van der Waals surface area contributed by atoms with Gasteiger partial charge in [-0.25, -0.2) is 9.78 Å². The summed E-state index contributed by atoms with van der Waals surface area (Å²) in [6.45, 7) is 4.47. The lowest BCUT2D eigenvalue weighted by molar-refractivity contribution is -0.153. The predicted octanol–water partition coefficient (Wildman–Crippen LogP) is 2.17. The fourth-order valence-electron chi connectivity index (χ4n) is 3.55. The lowest BCUT2D eigenvalue weighted by Gasteiger charge is -2.27. The van der Waals surface area contributed by atoms with E-state index in [-0.39, 0.29) is 18.4 Å². The van der Waals surface area contributed by atoms with Crippen LogP contribution in [0.2, 0.25) is 0 Å². The molecule has 2 atom stereocenters. The van der Waals surface area contributed by atoms with Crippen molar-refractivity contribution in [2.75, 3.05) is 26.0 Å². The number of hydrogen-bond donors (Lipinski definition) is 1. The van der Waals surface area contributed by atoms with E-state index in [1.165, 1.54) is 0 Å². The predicted molar refractivity (Wildman–Crippen MR) is 102 cm³/mol. The summed E-state index contributed by atoms with van der Waals surface area (Å²) in [5.41, 5.74) is 6.78. The molecule has 27 heavy (non-hydrogen) atoms. The third-order valence-electron chi connectivity index (χ3n) is 5.05. The van der Waals surface area contributed by atoms with E-state index in [4.69, 9.17) is 15.2 Å². The van der Waals surface area contributed by atoms with Gasteiger partial charge in [0.1, 0.15) is 17.6 Å². The Morgan fingerprint density at radius 1 is 1.44 bits per heavy atom. The normalized spacial score (nSPS) is 18.0. The highest BCUT2D eigenvalue weighted by Crippen LogP contribution is 2.31. The average molecular weight is 371 g/mol. The number of hydrogen-bond acceptors (Lipinski definition) is 6. The lowest BCUT2D eigenvalue weighted by atomic mass is 10.00. The summed E-state index contributed by atoms with van der Waals surface area (Å²) in [5, 5.41) is 1.69. The first-order valence-corrected chi connectivity index (χ1v) is 9.14. The SMILES string of the molecule is CCOC(=O)C(Cc1cc2ccnc(N)c2cc1OC)N1CCC(C)C1=O. The average Bonchev–Trinajstić information content (AvgIpc) is 2.98. The van der Waals surface area contributed by atoms with Gasteiger partial charge in [0.15, 0.2) is 0 Å². The van der Waals surface area contributed by atoms with Crippen LogP contribution in [0.25, 0.3) is 10.8 Å². The highest BCUT2D eigenvalue weighted by Gasteiger charge is 2.38. The van der Waals surface area contributed by atoms with Crippen molar-refractivity contribution in [1.82, 2.24) is 9.88 Å². The minimum atomic E-state index is -0.673. The van der Waals surface area contributed by atoms with Crippen molar-refractivity contribution in [2.45, 2.75) is 32.7 Å². The number of methoxy groups -OCH3 is 1. The Morgan fingerprint density at radius 2 is 2.22 bits per heavy atom. The Labute approximate surface area is 158 Å². The molecule has 0 radical (unpaired) electrons. The molecule has 1 amide bonds. The molecular formula is C20H25N3O4. The maximum absolute atomic E-state index is 12.6. The number of pyridine rings is 1. The summed E-state index contributed by atoms with van der Waals surface area (Å²) in [4.78, 5) is 30.9. The van der Waals surface area contributed by atoms with Crippen LogP contribution in [0.4, 0.5) is 5.82 Å². The monoisotopic (exact) mass is 371 g/mol. The van der Waals surface area contributed by atoms with Crippen LogP contribution in [-0.2, 0) is 20.7 Å². The number of nitrogens with zero attached hydrogens (tertiary/aromatic N) is 2. The van der Waals surface area contributed by atoms with Gasteiger partial charge in [-0.05, 0) is 42.5 Å². The maximum Gasteiger partial charge on any atom is 0.329 e. The number of ether oxygens (including phenoxy) is 2. The third kappa shape index (κ3) is 3.67. The van der Waals surface area contributed by atoms with E-state index >= 15 is 0 Å². The Morgan fingerprint density at radius 3 is 2.85 bits per heavy atom. The van der Waals surface area contributed by atoms with Gasteiger partial charge in [-0.3, -0.25) is 4.79 Å². The molecule has 2 unspecified atom stereocenters. The fourth-order valence-corrected chi connectivity index (χ4v) is 3.55. The summed E-state index contributed by atoms with van der Waals surface area (Å²) < 4.78 is 10.8. The molecule has 1 aromatic carbocycles. The smallest absolute Gasteiger partial charge is 0.329 e. The van der Waals surface area contributed by atoms with Crippen LogP contribution in [0.15, 0.2) is 24.4 Å². The third-order valence-corrected chi connectivity index (χ3v) is 5.05. The van der Waals surface area contributed by atoms with Crippen molar-refractivity contribution in [1.29, 1.82) is 0 Å². The number of anilines is 1. The van der Waals surface area contributed by atoms with Gasteiger partial charge in [-0.2, -0.15) is 0 Å². The number of carbonyl (C=O) groups excluding carboxylic acids is 2. The first-order chi connectivity index (χ1) is 13.0. The first kappa shape index (κ1) is 18.9. The molecule has 0 aliphatic carbocycles. The van der Waals surface area contributed by atoms with Gasteiger partial charge < -0.3 is 20.1 Å². The minimum absolute atomic E-state index is 0.0127. The Kier molecular flexibility index (Phi) is 5.48. The molecule has 1 aliphatic rings. The second-order valence-corrected chi connectivity index (χ2v) is 6.77. The molecule has 3 rings (SSSR count). The van der Waals surface area contributed by atoms with Gasteiger partial charge in [-0.1, -0.05) is 6.92 Å². The van der Waals surface area contributed by atoms with Gasteiger partial charge in [0.2, 0.25) is 5.91 Å². The fraction of sp³-hybridized carbons (Fsp3) is 0.450. The van der Waals surface area contributed by atoms with E-state index in [9.17, 15) is 9.59 Å². The van der Waals surface area contributed by atoms with E-state index in [0.717, 1.165) is 22.8 Å². The van der Waals surface area contributed by atoms with E-state index in [1.54, 1.807) is 25.1 Å². The minimum Gasteiger partial charge on any atom is -0.496 e. The Balaban J connectivity index is 2.00. The van der Waals surface area contributed by atoms with E-state index < -0.39 is 12.0 Å². The molecule has 2 N–H and O–H groups in total. The van der Waals surface area contributed by atoms with Crippen LogP contribution in [0.1, 0.15) is 25.8 Å². The van der Waals surface area contributed by atoms with Crippen molar-refractivity contribution in [3.8, 4) is 5.75 Å². The standard InChI is InChI=1S/C20H25N3O4/c1-4-27-20(25)16(23-8-6-12(2)19(23)24)10-14-9-13-5-7-22-18(21)15(13)11-17(14)26-3/h5,7,9,11-12,16H,4,6,8,10H2,1-3H3,(H2,21,22). The molecule has 1 saturated heterocycles. The Hall–Kier alpha value is -2.83. The van der Waals surface area contributed by atoms with Crippen LogP contribution in [0.5, 0.6) is 5.75 Å². The van der Waals surface area contributed by atoms with Crippen LogP contribution in [-0.4, -0.2) is 48.1 Å². The molecule has 0 bridgehead atoms. The second kappa shape index (κ2) is 7.82. The summed E-state index contributed by atoms with van der Waals surface area (Å²) >= 11 is 0. The number of rotatable bonds is 6. The van der Waals surface area contributed by atoms with Crippen LogP contribution >= 0.6 is 0 Å². The molecular weight excluding hydrogens is 346 g/mol. The topological polar surface area (TPSA) is 94.8 Å². The second-order valence-electron chi connectivity index (χ2n) is 6.77. The first-order valence-electron chi connectivity index (χ1n) is 9.14. The van der Waals surface area contributed by atoms with E-state index in [2.05, 4.69) is 4.98 Å². The van der Waals surface area contributed by atoms with E-state index in [1.807, 2.05) is 25.1 Å². The summed E-state index contributed by atoms with van der Waals surface area (Å²) in [7, 11) is 1.57. The van der Waals surface area contributed by atoms with Gasteiger partial charge in [-0.15, -0.1) is 0 Å². The number of nitrogens with two attached hydrogens (primary N) is 1. The molecule has 0 saturated carbocycles. The molecule has 1 aliphatic heterocycles. The van der Waals surface area contributed by atoms with Crippen LogP contribution in [0.3, 0.4) is 0 Å². The molecule has 7 nitrogen and oxygen atoms in total. The zero-order valence-electron chi connectivity index (χ0n) is 15.9. The summed E-state index contributed by atoms with van der Waals surface area (Å²) in [5.74, 6) is 0.544. The summed E-state index contributed by atoms with van der Waals surface area (Å²) in [6, 6.07) is 4.94. The number of aromatic nitrogens is 1. The number of esters is 1. The Bertz CT molecular complexity index is 868. The van der Waals surface area contributed by atoms with Crippen molar-refractivity contribution in [3.05, 3.63) is 30.0 Å². The maximum atomic E-state index is 12.6. The van der Waals surface area contributed by atoms with E-state index in [0.29, 0.717) is 24.5 Å². The van der Waals surface area contributed by atoms with Crippen LogP contribution < -0.4 is 10.5 Å². The molecule has 2 aromatic rings. The highest BCUT2D eigenvalue weighted by atomic mass is 16.5. The lowest BCUT2D eigenvalue weighted by Crippen LogP contribution is -2.45. The van der Waals surface area contributed by atoms with Crippen LogP contribution in [0, 0.1) is 5.92 Å². The van der Waals surface area contributed by atoms with Gasteiger partial charge >= 0.3 is 5.97 Å². The molecule has 0 spiro atoms. The number of benzene rings is 1. The number of likely N-dealkylation sites (tertiary alicyclic amines) is 1. The number of amides is 1. The number of nitrogen functional groups attached to an aromatic ring is 1. The van der Waals surface area contributed by atoms with Gasteiger partial charge in [0.05, 0.1) is 13.7 Å². The zero-order valence-corrected chi connectivity index (χ0v) is 15.9. The van der Waals surface area contributed by atoms with Crippen molar-refractivity contribution in [2.24, 2.45) is 5.92 Å². The molecule has 1 fully saturated rings. The number of fused-ring (bicyclic) bond motifs is 1. The van der Waals surface area contributed by atoms with Gasteiger partial charge in [0, 0.05) is 30.5 Å². The van der Waals surface area contributed by atoms with Crippen molar-refractivity contribution in [3.63, 3.8) is 0 Å². The zero-order chi connectivity index (χ0) is 19.6.